The van der Waals surface area contributed by atoms with E-state index in [4.69, 9.17) is 0 Å². The van der Waals surface area contributed by atoms with E-state index >= 15 is 0 Å². The Hall–Kier alpha value is -4.26. The molecule has 0 bridgehead atoms. The van der Waals surface area contributed by atoms with Crippen LogP contribution in [0.25, 0.3) is 11.0 Å². The molecule has 0 fully saturated rings. The summed E-state index contributed by atoms with van der Waals surface area (Å²) in [5, 5.41) is 2.96. The predicted molar refractivity (Wildman–Crippen MR) is 119 cm³/mol. The molecule has 0 aliphatic carbocycles. The van der Waals surface area contributed by atoms with Crippen LogP contribution in [0.3, 0.4) is 0 Å². The van der Waals surface area contributed by atoms with Crippen LogP contribution >= 0.6 is 0 Å². The van der Waals surface area contributed by atoms with E-state index in [2.05, 4.69) is 15.3 Å². The number of amides is 3. The summed E-state index contributed by atoms with van der Waals surface area (Å²) in [6.45, 7) is -0.349. The molecule has 2 N–H and O–H groups in total. The number of fused-ring (bicyclic) bond motifs is 2. The summed E-state index contributed by atoms with van der Waals surface area (Å²) in [7, 11) is 0. The van der Waals surface area contributed by atoms with Crippen molar-refractivity contribution < 1.29 is 14.4 Å². The topological polar surface area (TPSA) is 95.2 Å². The number of H-pyrrole nitrogens is 1. The third-order valence-corrected chi connectivity index (χ3v) is 5.54. The summed E-state index contributed by atoms with van der Waals surface area (Å²) in [5.41, 5.74) is 3.34. The molecule has 32 heavy (non-hydrogen) atoms. The van der Waals surface area contributed by atoms with Gasteiger partial charge in [0.05, 0.1) is 28.2 Å². The maximum Gasteiger partial charge on any atom is 0.262 e. The molecule has 0 unspecified atom stereocenters. The van der Waals surface area contributed by atoms with Gasteiger partial charge in [0.25, 0.3) is 11.8 Å². The number of imide groups is 1. The van der Waals surface area contributed by atoms with Crippen molar-refractivity contribution in [2.75, 3.05) is 6.54 Å². The summed E-state index contributed by atoms with van der Waals surface area (Å²) >= 11 is 0. The van der Waals surface area contributed by atoms with Crippen LogP contribution in [-0.4, -0.2) is 39.1 Å². The van der Waals surface area contributed by atoms with Gasteiger partial charge in [-0.1, -0.05) is 54.6 Å². The van der Waals surface area contributed by atoms with Crippen LogP contribution in [0.1, 0.15) is 38.1 Å². The Labute approximate surface area is 184 Å². The van der Waals surface area contributed by atoms with E-state index < -0.39 is 23.8 Å². The summed E-state index contributed by atoms with van der Waals surface area (Å²) < 4.78 is 0. The number of rotatable bonds is 6. The lowest BCUT2D eigenvalue weighted by atomic mass is 10.1. The number of imidazole rings is 1. The number of carbonyl (C=O) groups excluding carboxylic acids is 3. The van der Waals surface area contributed by atoms with Crippen LogP contribution in [0.4, 0.5) is 0 Å². The largest absolute Gasteiger partial charge is 0.344 e. The van der Waals surface area contributed by atoms with Crippen LogP contribution in [0.5, 0.6) is 0 Å². The van der Waals surface area contributed by atoms with Crippen LogP contribution in [0.2, 0.25) is 0 Å². The van der Waals surface area contributed by atoms with Crippen molar-refractivity contribution in [3.05, 3.63) is 101 Å². The summed E-state index contributed by atoms with van der Waals surface area (Å²) in [6.07, 6.45) is 0.508. The molecule has 1 aliphatic rings. The molecule has 0 saturated carbocycles. The number of nitrogens with one attached hydrogen (secondary N) is 2. The predicted octanol–water partition coefficient (Wildman–Crippen LogP) is 3.26. The third kappa shape index (κ3) is 3.65. The second-order valence-electron chi connectivity index (χ2n) is 7.69. The minimum absolute atomic E-state index is 0.323. The van der Waals surface area contributed by atoms with E-state index in [0.29, 0.717) is 23.4 Å². The van der Waals surface area contributed by atoms with Crippen molar-refractivity contribution in [2.45, 2.75) is 12.5 Å². The van der Waals surface area contributed by atoms with Crippen molar-refractivity contribution in [1.29, 1.82) is 0 Å². The zero-order valence-corrected chi connectivity index (χ0v) is 17.1. The first-order valence-electron chi connectivity index (χ1n) is 10.3. The number of aromatic nitrogens is 2. The molecule has 0 saturated heterocycles. The highest BCUT2D eigenvalue weighted by Gasteiger charge is 2.36. The van der Waals surface area contributed by atoms with Gasteiger partial charge in [0.1, 0.15) is 12.4 Å². The number of carbonyl (C=O) groups is 3. The average Bonchev–Trinajstić information content (AvgIpc) is 3.35. The second-order valence-corrected chi connectivity index (χ2v) is 7.69. The smallest absolute Gasteiger partial charge is 0.262 e. The first-order chi connectivity index (χ1) is 15.6. The molecule has 7 nitrogen and oxygen atoms in total. The summed E-state index contributed by atoms with van der Waals surface area (Å²) in [6, 6.07) is 23.5. The lowest BCUT2D eigenvalue weighted by molar-refractivity contribution is -0.122. The Kier molecular flexibility index (Phi) is 4.99. The standard InChI is InChI=1S/C25H20N4O3/c30-22(15-29-24(31)17-10-4-5-11-18(17)25(29)32)26-21(14-16-8-2-1-3-9-16)23-27-19-12-6-7-13-20(19)28-23/h1-13,21H,14-15H2,(H,26,30)(H,27,28)/t21-/m0/s1. The van der Waals surface area contributed by atoms with Gasteiger partial charge >= 0.3 is 0 Å². The fraction of sp³-hybridized carbons (Fsp3) is 0.120. The Bertz CT molecular complexity index is 1260. The van der Waals surface area contributed by atoms with Gasteiger partial charge in [0, 0.05) is 0 Å². The molecule has 3 aromatic carbocycles. The number of benzene rings is 3. The van der Waals surface area contributed by atoms with Crippen LogP contribution in [0, 0.1) is 0 Å². The van der Waals surface area contributed by atoms with E-state index in [-0.39, 0.29) is 6.54 Å². The van der Waals surface area contributed by atoms with Gasteiger partial charge in [-0.25, -0.2) is 4.98 Å². The van der Waals surface area contributed by atoms with E-state index in [1.807, 2.05) is 54.6 Å². The third-order valence-electron chi connectivity index (χ3n) is 5.54. The van der Waals surface area contributed by atoms with Gasteiger partial charge in [-0.05, 0) is 36.2 Å². The van der Waals surface area contributed by atoms with Crippen LogP contribution in [0.15, 0.2) is 78.9 Å². The Balaban J connectivity index is 1.38. The zero-order chi connectivity index (χ0) is 22.1. The quantitative estimate of drug-likeness (QED) is 0.465. The Morgan fingerprint density at radius 1 is 0.875 bits per heavy atom. The number of aromatic amines is 1. The molecule has 0 radical (unpaired) electrons. The molecule has 158 valence electrons. The molecule has 5 rings (SSSR count). The molecule has 2 heterocycles. The molecule has 1 atom stereocenters. The number of hydrogen-bond acceptors (Lipinski definition) is 4. The maximum absolute atomic E-state index is 12.9. The van der Waals surface area contributed by atoms with Gasteiger partial charge in [-0.2, -0.15) is 0 Å². The highest BCUT2D eigenvalue weighted by atomic mass is 16.2. The highest BCUT2D eigenvalue weighted by molar-refractivity contribution is 6.22. The van der Waals surface area contributed by atoms with Crippen molar-refractivity contribution in [3.8, 4) is 0 Å². The van der Waals surface area contributed by atoms with E-state index in [9.17, 15) is 14.4 Å². The molecule has 3 amide bonds. The number of nitrogens with zero attached hydrogens (tertiary/aromatic N) is 2. The van der Waals surface area contributed by atoms with Crippen LogP contribution in [-0.2, 0) is 11.2 Å². The molecule has 0 spiro atoms. The SMILES string of the molecule is O=C(CN1C(=O)c2ccccc2C1=O)N[C@@H](Cc1ccccc1)c1nc2ccccc2[nH]1. The number of para-hydroxylation sites is 2. The van der Waals surface area contributed by atoms with Gasteiger partial charge < -0.3 is 10.3 Å². The fourth-order valence-corrected chi connectivity index (χ4v) is 3.97. The molecular formula is C25H20N4O3. The Morgan fingerprint density at radius 2 is 1.50 bits per heavy atom. The van der Waals surface area contributed by atoms with Gasteiger partial charge in [0.15, 0.2) is 0 Å². The first kappa shape index (κ1) is 19.7. The summed E-state index contributed by atoms with van der Waals surface area (Å²) in [4.78, 5) is 47.1. The molecule has 4 aromatic rings. The normalized spacial score (nSPS) is 13.9. The van der Waals surface area contributed by atoms with Gasteiger partial charge in [0.2, 0.25) is 5.91 Å². The summed E-state index contributed by atoms with van der Waals surface area (Å²) in [5.74, 6) is -0.722. The van der Waals surface area contributed by atoms with Gasteiger partial charge in [-0.15, -0.1) is 0 Å². The lowest BCUT2D eigenvalue weighted by Gasteiger charge is -2.19. The molecular weight excluding hydrogens is 404 g/mol. The highest BCUT2D eigenvalue weighted by Crippen LogP contribution is 2.23. The van der Waals surface area contributed by atoms with Crippen molar-refractivity contribution >= 4 is 28.8 Å². The molecule has 7 heteroatoms. The van der Waals surface area contributed by atoms with E-state index in [1.54, 1.807) is 24.3 Å². The number of hydrogen-bond donors (Lipinski definition) is 2. The second kappa shape index (κ2) is 8.11. The van der Waals surface area contributed by atoms with Crippen LogP contribution < -0.4 is 5.32 Å². The zero-order valence-electron chi connectivity index (χ0n) is 17.1. The molecule has 1 aromatic heterocycles. The fourth-order valence-electron chi connectivity index (χ4n) is 3.97. The average molecular weight is 424 g/mol. The molecule has 1 aliphatic heterocycles. The Morgan fingerprint density at radius 3 is 2.19 bits per heavy atom. The van der Waals surface area contributed by atoms with Crippen molar-refractivity contribution in [2.24, 2.45) is 0 Å². The van der Waals surface area contributed by atoms with E-state index in [1.165, 1.54) is 0 Å². The minimum atomic E-state index is -0.455. The monoisotopic (exact) mass is 424 g/mol. The maximum atomic E-state index is 12.9. The van der Waals surface area contributed by atoms with Crippen molar-refractivity contribution in [1.82, 2.24) is 20.2 Å². The minimum Gasteiger partial charge on any atom is -0.344 e. The van der Waals surface area contributed by atoms with Crippen molar-refractivity contribution in [3.63, 3.8) is 0 Å². The van der Waals surface area contributed by atoms with Gasteiger partial charge in [-0.3, -0.25) is 19.3 Å². The lowest BCUT2D eigenvalue weighted by Crippen LogP contribution is -2.42. The van der Waals surface area contributed by atoms with E-state index in [0.717, 1.165) is 21.5 Å². The first-order valence-corrected chi connectivity index (χ1v) is 10.3.